The largest absolute Gasteiger partial charge is 0.358 e. The molecule has 2 aromatic rings. The third-order valence-electron chi connectivity index (χ3n) is 3.10. The minimum atomic E-state index is 0.575. The second kappa shape index (κ2) is 4.02. The SMILES string of the molecule is Cc1cc(C)c2[nH]c(CCC#N)c(C)c2c1. The average Bonchev–Trinajstić information content (AvgIpc) is 2.54. The predicted octanol–water partition coefficient (Wildman–Crippen LogP) is 3.55. The summed E-state index contributed by atoms with van der Waals surface area (Å²) in [5.41, 5.74) is 6.28. The van der Waals surface area contributed by atoms with Gasteiger partial charge in [0.05, 0.1) is 6.07 Å². The maximum atomic E-state index is 8.63. The Bertz CT molecular complexity index is 570. The van der Waals surface area contributed by atoms with Crippen LogP contribution in [0.3, 0.4) is 0 Å². The third kappa shape index (κ3) is 1.69. The molecule has 0 unspecified atom stereocenters. The van der Waals surface area contributed by atoms with Crippen LogP contribution in [0.4, 0.5) is 0 Å². The van der Waals surface area contributed by atoms with Crippen LogP contribution in [-0.4, -0.2) is 4.98 Å². The van der Waals surface area contributed by atoms with Crippen molar-refractivity contribution in [2.24, 2.45) is 0 Å². The Hall–Kier alpha value is -1.75. The monoisotopic (exact) mass is 212 g/mol. The van der Waals surface area contributed by atoms with Gasteiger partial charge in [0.25, 0.3) is 0 Å². The van der Waals surface area contributed by atoms with Crippen molar-refractivity contribution in [1.29, 1.82) is 5.26 Å². The van der Waals surface area contributed by atoms with Crippen molar-refractivity contribution in [3.8, 4) is 6.07 Å². The maximum absolute atomic E-state index is 8.63. The number of aryl methyl sites for hydroxylation is 4. The second-order valence-electron chi connectivity index (χ2n) is 4.39. The number of fused-ring (bicyclic) bond motifs is 1. The van der Waals surface area contributed by atoms with E-state index in [-0.39, 0.29) is 0 Å². The van der Waals surface area contributed by atoms with E-state index in [1.54, 1.807) is 0 Å². The van der Waals surface area contributed by atoms with Crippen LogP contribution < -0.4 is 0 Å². The zero-order valence-corrected chi connectivity index (χ0v) is 10.0. The summed E-state index contributed by atoms with van der Waals surface area (Å²) in [6.07, 6.45) is 1.39. The van der Waals surface area contributed by atoms with Crippen LogP contribution >= 0.6 is 0 Å². The van der Waals surface area contributed by atoms with Crippen molar-refractivity contribution in [1.82, 2.24) is 4.98 Å². The van der Waals surface area contributed by atoms with Crippen molar-refractivity contribution in [2.45, 2.75) is 33.6 Å². The quantitative estimate of drug-likeness (QED) is 0.812. The van der Waals surface area contributed by atoms with Gasteiger partial charge in [0.2, 0.25) is 0 Å². The molecule has 1 aromatic carbocycles. The summed E-state index contributed by atoms with van der Waals surface area (Å²) in [6.45, 7) is 6.37. The van der Waals surface area contributed by atoms with Gasteiger partial charge in [-0.05, 0) is 38.0 Å². The first-order valence-corrected chi connectivity index (χ1v) is 5.59. The molecule has 0 bridgehead atoms. The molecule has 1 heterocycles. The highest BCUT2D eigenvalue weighted by Gasteiger charge is 2.09. The number of hydrogen-bond acceptors (Lipinski definition) is 1. The molecular weight excluding hydrogens is 196 g/mol. The molecule has 0 amide bonds. The van der Waals surface area contributed by atoms with Crippen LogP contribution in [0.5, 0.6) is 0 Å². The van der Waals surface area contributed by atoms with Gasteiger partial charge in [-0.3, -0.25) is 0 Å². The highest BCUT2D eigenvalue weighted by atomic mass is 14.7. The molecule has 82 valence electrons. The van der Waals surface area contributed by atoms with Crippen molar-refractivity contribution in [3.63, 3.8) is 0 Å². The number of nitriles is 1. The zero-order valence-electron chi connectivity index (χ0n) is 10.0. The topological polar surface area (TPSA) is 39.6 Å². The van der Waals surface area contributed by atoms with E-state index in [9.17, 15) is 0 Å². The molecule has 0 spiro atoms. The van der Waals surface area contributed by atoms with Crippen LogP contribution in [0.25, 0.3) is 10.9 Å². The molecule has 0 aliphatic carbocycles. The van der Waals surface area contributed by atoms with Crippen LogP contribution in [0.1, 0.15) is 28.8 Å². The molecule has 0 aliphatic heterocycles. The Morgan fingerprint density at radius 3 is 2.69 bits per heavy atom. The molecule has 0 saturated heterocycles. The lowest BCUT2D eigenvalue weighted by molar-refractivity contribution is 0.960. The summed E-state index contributed by atoms with van der Waals surface area (Å²) in [7, 11) is 0. The Kier molecular flexibility index (Phi) is 2.70. The van der Waals surface area contributed by atoms with E-state index in [0.29, 0.717) is 6.42 Å². The number of aromatic amines is 1. The number of aromatic nitrogens is 1. The van der Waals surface area contributed by atoms with Crippen molar-refractivity contribution in [2.75, 3.05) is 0 Å². The fraction of sp³-hybridized carbons (Fsp3) is 0.357. The van der Waals surface area contributed by atoms with Gasteiger partial charge in [-0.15, -0.1) is 0 Å². The standard InChI is InChI=1S/C14H16N2/c1-9-7-10(2)14-12(8-9)11(3)13(16-14)5-4-6-15/h7-8,16H,4-5H2,1-3H3. The van der Waals surface area contributed by atoms with Gasteiger partial charge in [-0.25, -0.2) is 0 Å². The van der Waals surface area contributed by atoms with E-state index < -0.39 is 0 Å². The molecule has 0 radical (unpaired) electrons. The van der Waals surface area contributed by atoms with Gasteiger partial charge < -0.3 is 4.98 Å². The Labute approximate surface area is 95.9 Å². The Balaban J connectivity index is 2.59. The lowest BCUT2D eigenvalue weighted by atomic mass is 10.0. The fourth-order valence-electron chi connectivity index (χ4n) is 2.27. The first-order valence-electron chi connectivity index (χ1n) is 5.59. The van der Waals surface area contributed by atoms with Gasteiger partial charge in [0.1, 0.15) is 0 Å². The van der Waals surface area contributed by atoms with Crippen molar-refractivity contribution in [3.05, 3.63) is 34.5 Å². The summed E-state index contributed by atoms with van der Waals surface area (Å²) in [6, 6.07) is 6.59. The molecule has 1 aromatic heterocycles. The minimum Gasteiger partial charge on any atom is -0.358 e. The highest BCUT2D eigenvalue weighted by molar-refractivity contribution is 5.87. The summed E-state index contributed by atoms with van der Waals surface area (Å²) in [4.78, 5) is 3.44. The van der Waals surface area contributed by atoms with Gasteiger partial charge >= 0.3 is 0 Å². The van der Waals surface area contributed by atoms with Crippen LogP contribution in [-0.2, 0) is 6.42 Å². The second-order valence-corrected chi connectivity index (χ2v) is 4.39. The average molecular weight is 212 g/mol. The molecule has 0 aliphatic rings. The summed E-state index contributed by atoms with van der Waals surface area (Å²) in [5.74, 6) is 0. The van der Waals surface area contributed by atoms with Gasteiger partial charge in [0, 0.05) is 29.4 Å². The Morgan fingerprint density at radius 1 is 1.25 bits per heavy atom. The molecule has 0 saturated carbocycles. The van der Waals surface area contributed by atoms with E-state index in [2.05, 4.69) is 44.0 Å². The molecule has 0 atom stereocenters. The molecule has 2 rings (SSSR count). The number of nitrogens with zero attached hydrogens (tertiary/aromatic N) is 1. The molecule has 2 nitrogen and oxygen atoms in total. The fourth-order valence-corrected chi connectivity index (χ4v) is 2.27. The predicted molar refractivity (Wildman–Crippen MR) is 66.4 cm³/mol. The first-order chi connectivity index (χ1) is 7.63. The van der Waals surface area contributed by atoms with E-state index in [0.717, 1.165) is 6.42 Å². The summed E-state index contributed by atoms with van der Waals surface area (Å²) < 4.78 is 0. The number of hydrogen-bond donors (Lipinski definition) is 1. The van der Waals surface area contributed by atoms with E-state index in [1.807, 2.05) is 0 Å². The van der Waals surface area contributed by atoms with Crippen LogP contribution in [0.2, 0.25) is 0 Å². The summed E-state index contributed by atoms with van der Waals surface area (Å²) >= 11 is 0. The van der Waals surface area contributed by atoms with Gasteiger partial charge in [-0.1, -0.05) is 11.6 Å². The zero-order chi connectivity index (χ0) is 11.7. The summed E-state index contributed by atoms with van der Waals surface area (Å²) in [5, 5.41) is 9.92. The lowest BCUT2D eigenvalue weighted by Gasteiger charge is -1.99. The van der Waals surface area contributed by atoms with E-state index >= 15 is 0 Å². The molecule has 16 heavy (non-hydrogen) atoms. The normalized spacial score (nSPS) is 10.6. The smallest absolute Gasteiger partial charge is 0.0625 e. The van der Waals surface area contributed by atoms with Gasteiger partial charge in [0.15, 0.2) is 0 Å². The Morgan fingerprint density at radius 2 is 2.00 bits per heavy atom. The van der Waals surface area contributed by atoms with Gasteiger partial charge in [-0.2, -0.15) is 5.26 Å². The van der Waals surface area contributed by atoms with Crippen molar-refractivity contribution < 1.29 is 0 Å². The lowest BCUT2D eigenvalue weighted by Crippen LogP contribution is -1.86. The maximum Gasteiger partial charge on any atom is 0.0625 e. The number of H-pyrrole nitrogens is 1. The minimum absolute atomic E-state index is 0.575. The number of benzene rings is 1. The highest BCUT2D eigenvalue weighted by Crippen LogP contribution is 2.26. The molecule has 1 N–H and O–H groups in total. The molecular formula is C14H16N2. The van der Waals surface area contributed by atoms with E-state index in [4.69, 9.17) is 5.26 Å². The molecule has 0 fully saturated rings. The van der Waals surface area contributed by atoms with Crippen LogP contribution in [0, 0.1) is 32.1 Å². The van der Waals surface area contributed by atoms with E-state index in [1.165, 1.54) is 33.3 Å². The molecule has 2 heteroatoms. The third-order valence-corrected chi connectivity index (χ3v) is 3.10. The number of nitrogens with one attached hydrogen (secondary N) is 1. The number of rotatable bonds is 2. The van der Waals surface area contributed by atoms with Crippen LogP contribution in [0.15, 0.2) is 12.1 Å². The van der Waals surface area contributed by atoms with Crippen molar-refractivity contribution >= 4 is 10.9 Å². The first kappa shape index (κ1) is 10.8.